The third-order valence-corrected chi connectivity index (χ3v) is 6.80. The molecule has 2 aromatic heterocycles. The van der Waals surface area contributed by atoms with Gasteiger partial charge < -0.3 is 14.2 Å². The maximum absolute atomic E-state index is 12.7. The fourth-order valence-corrected chi connectivity index (χ4v) is 5.12. The fraction of sp³-hybridized carbons (Fsp3) is 0.455. The first-order chi connectivity index (χ1) is 14.3. The van der Waals surface area contributed by atoms with Gasteiger partial charge in [-0.2, -0.15) is 0 Å². The third kappa shape index (κ3) is 3.95. The lowest BCUT2D eigenvalue weighted by Crippen LogP contribution is -2.38. The Bertz CT molecular complexity index is 978. The average Bonchev–Trinajstić information content (AvgIpc) is 3.47. The summed E-state index contributed by atoms with van der Waals surface area (Å²) in [6.07, 6.45) is 0.548. The zero-order chi connectivity index (χ0) is 19.6. The van der Waals surface area contributed by atoms with E-state index in [9.17, 15) is 4.79 Å². The number of morpholine rings is 1. The van der Waals surface area contributed by atoms with Crippen molar-refractivity contribution in [2.75, 3.05) is 39.4 Å². The monoisotopic (exact) mass is 410 g/mol. The highest BCUT2D eigenvalue weighted by Gasteiger charge is 2.34. The van der Waals surface area contributed by atoms with Crippen LogP contribution in [0.2, 0.25) is 0 Å². The molecule has 29 heavy (non-hydrogen) atoms. The Balaban J connectivity index is 1.38. The van der Waals surface area contributed by atoms with E-state index in [2.05, 4.69) is 39.1 Å². The van der Waals surface area contributed by atoms with Crippen molar-refractivity contribution < 1.29 is 9.53 Å². The van der Waals surface area contributed by atoms with Crippen molar-refractivity contribution in [1.82, 2.24) is 19.4 Å². The second-order valence-electron chi connectivity index (χ2n) is 7.82. The summed E-state index contributed by atoms with van der Waals surface area (Å²) in [5.41, 5.74) is 2.19. The maximum Gasteiger partial charge on any atom is 0.223 e. The third-order valence-electron chi connectivity index (χ3n) is 5.93. The van der Waals surface area contributed by atoms with Crippen molar-refractivity contribution >= 4 is 28.3 Å². The number of carbonyl (C=O) groups is 1. The van der Waals surface area contributed by atoms with Crippen molar-refractivity contribution in [1.29, 1.82) is 0 Å². The summed E-state index contributed by atoms with van der Waals surface area (Å²) < 4.78 is 7.82. The Morgan fingerprint density at radius 3 is 2.79 bits per heavy atom. The second kappa shape index (κ2) is 8.26. The van der Waals surface area contributed by atoms with Crippen LogP contribution in [0.1, 0.15) is 23.0 Å². The average molecular weight is 411 g/mol. The SMILES string of the molecule is O=C1CC(c2nc3ccccc3n2CCN2CCOCC2)CN1Cc1cccs1. The highest BCUT2D eigenvalue weighted by atomic mass is 32.1. The summed E-state index contributed by atoms with van der Waals surface area (Å²) in [7, 11) is 0. The molecule has 1 aromatic carbocycles. The number of para-hydroxylation sites is 2. The zero-order valence-corrected chi connectivity index (χ0v) is 17.3. The summed E-state index contributed by atoms with van der Waals surface area (Å²) in [5, 5.41) is 2.07. The second-order valence-corrected chi connectivity index (χ2v) is 8.85. The molecule has 0 aliphatic carbocycles. The van der Waals surface area contributed by atoms with Crippen LogP contribution in [-0.4, -0.2) is 64.7 Å². The van der Waals surface area contributed by atoms with Crippen LogP contribution in [0.3, 0.4) is 0 Å². The van der Waals surface area contributed by atoms with Crippen LogP contribution in [0.15, 0.2) is 41.8 Å². The highest BCUT2D eigenvalue weighted by molar-refractivity contribution is 7.09. The molecule has 152 valence electrons. The first kappa shape index (κ1) is 18.8. The van der Waals surface area contributed by atoms with Gasteiger partial charge in [0.15, 0.2) is 0 Å². The van der Waals surface area contributed by atoms with E-state index < -0.39 is 0 Å². The number of benzene rings is 1. The van der Waals surface area contributed by atoms with Crippen LogP contribution < -0.4 is 0 Å². The van der Waals surface area contributed by atoms with Gasteiger partial charge in [-0.3, -0.25) is 9.69 Å². The highest BCUT2D eigenvalue weighted by Crippen LogP contribution is 2.31. The molecule has 1 amide bonds. The van der Waals surface area contributed by atoms with Crippen LogP contribution in [0, 0.1) is 0 Å². The molecule has 0 N–H and O–H groups in total. The number of carbonyl (C=O) groups excluding carboxylic acids is 1. The summed E-state index contributed by atoms with van der Waals surface area (Å²) >= 11 is 1.71. The van der Waals surface area contributed by atoms with Gasteiger partial charge in [0, 0.05) is 49.9 Å². The Kier molecular flexibility index (Phi) is 5.35. The minimum absolute atomic E-state index is 0.152. The molecule has 3 aromatic rings. The molecule has 6 nitrogen and oxygen atoms in total. The van der Waals surface area contributed by atoms with Crippen LogP contribution >= 0.6 is 11.3 Å². The molecule has 2 aliphatic heterocycles. The summed E-state index contributed by atoms with van der Waals surface area (Å²) in [5.74, 6) is 1.44. The Hall–Kier alpha value is -2.22. The largest absolute Gasteiger partial charge is 0.379 e. The number of rotatable bonds is 6. The number of imidazole rings is 1. The molecule has 5 rings (SSSR count). The summed E-state index contributed by atoms with van der Waals surface area (Å²) in [6, 6.07) is 12.5. The van der Waals surface area contributed by atoms with Crippen molar-refractivity contribution in [3.63, 3.8) is 0 Å². The van der Waals surface area contributed by atoms with Crippen molar-refractivity contribution in [3.05, 3.63) is 52.5 Å². The Morgan fingerprint density at radius 2 is 1.97 bits per heavy atom. The fourth-order valence-electron chi connectivity index (χ4n) is 4.40. The van der Waals surface area contributed by atoms with E-state index in [1.54, 1.807) is 11.3 Å². The van der Waals surface area contributed by atoms with Gasteiger partial charge in [0.25, 0.3) is 0 Å². The maximum atomic E-state index is 12.7. The van der Waals surface area contributed by atoms with Gasteiger partial charge in [0.2, 0.25) is 5.91 Å². The van der Waals surface area contributed by atoms with E-state index in [0.29, 0.717) is 13.0 Å². The van der Waals surface area contributed by atoms with Gasteiger partial charge in [-0.15, -0.1) is 11.3 Å². The van der Waals surface area contributed by atoms with Gasteiger partial charge in [0.05, 0.1) is 30.8 Å². The van der Waals surface area contributed by atoms with Crippen LogP contribution in [-0.2, 0) is 22.6 Å². The Morgan fingerprint density at radius 1 is 1.10 bits per heavy atom. The van der Waals surface area contributed by atoms with E-state index in [-0.39, 0.29) is 11.8 Å². The van der Waals surface area contributed by atoms with Crippen molar-refractivity contribution in [2.45, 2.75) is 25.4 Å². The number of likely N-dealkylation sites (tertiary alicyclic amines) is 1. The number of ether oxygens (including phenoxy) is 1. The van der Waals surface area contributed by atoms with E-state index in [0.717, 1.165) is 57.3 Å². The summed E-state index contributed by atoms with van der Waals surface area (Å²) in [4.78, 5) is 23.3. The van der Waals surface area contributed by atoms with Gasteiger partial charge >= 0.3 is 0 Å². The number of hydrogen-bond acceptors (Lipinski definition) is 5. The topological polar surface area (TPSA) is 50.6 Å². The smallest absolute Gasteiger partial charge is 0.223 e. The van der Waals surface area contributed by atoms with Gasteiger partial charge in [0.1, 0.15) is 5.82 Å². The Labute approximate surface area is 174 Å². The van der Waals surface area contributed by atoms with Gasteiger partial charge in [-0.25, -0.2) is 4.98 Å². The molecule has 1 unspecified atom stereocenters. The van der Waals surface area contributed by atoms with Crippen molar-refractivity contribution in [2.24, 2.45) is 0 Å². The molecule has 2 aliphatic rings. The first-order valence-electron chi connectivity index (χ1n) is 10.3. The zero-order valence-electron chi connectivity index (χ0n) is 16.5. The molecule has 2 fully saturated rings. The van der Waals surface area contributed by atoms with Crippen LogP contribution in [0.5, 0.6) is 0 Å². The molecule has 0 bridgehead atoms. The molecule has 0 saturated carbocycles. The van der Waals surface area contributed by atoms with Gasteiger partial charge in [-0.05, 0) is 23.6 Å². The quantitative estimate of drug-likeness (QED) is 0.627. The van der Waals surface area contributed by atoms with Crippen molar-refractivity contribution in [3.8, 4) is 0 Å². The number of amides is 1. The number of nitrogens with zero attached hydrogens (tertiary/aromatic N) is 4. The number of thiophene rings is 1. The molecular weight excluding hydrogens is 384 g/mol. The normalized spacial score (nSPS) is 20.8. The van der Waals surface area contributed by atoms with E-state index in [1.807, 2.05) is 17.0 Å². The van der Waals surface area contributed by atoms with Crippen LogP contribution in [0.25, 0.3) is 11.0 Å². The first-order valence-corrected chi connectivity index (χ1v) is 11.2. The van der Waals surface area contributed by atoms with E-state index >= 15 is 0 Å². The molecular formula is C22H26N4O2S. The predicted molar refractivity (Wildman–Crippen MR) is 114 cm³/mol. The lowest BCUT2D eigenvalue weighted by molar-refractivity contribution is -0.128. The number of aromatic nitrogens is 2. The number of fused-ring (bicyclic) bond motifs is 1. The molecule has 1 atom stereocenters. The minimum Gasteiger partial charge on any atom is -0.379 e. The minimum atomic E-state index is 0.152. The summed E-state index contributed by atoms with van der Waals surface area (Å²) in [6.45, 7) is 6.93. The molecule has 0 spiro atoms. The standard InChI is InChI=1S/C22H26N4O2S/c27-21-14-17(15-25(21)16-18-4-3-13-29-18)22-23-19-5-1-2-6-20(19)26(22)8-7-24-9-11-28-12-10-24/h1-6,13,17H,7-12,14-16H2. The number of hydrogen-bond donors (Lipinski definition) is 0. The lowest BCUT2D eigenvalue weighted by Gasteiger charge is -2.27. The van der Waals surface area contributed by atoms with Gasteiger partial charge in [-0.1, -0.05) is 18.2 Å². The molecule has 0 radical (unpaired) electrons. The van der Waals surface area contributed by atoms with Crippen LogP contribution in [0.4, 0.5) is 0 Å². The van der Waals surface area contributed by atoms with E-state index in [1.165, 1.54) is 10.4 Å². The lowest BCUT2D eigenvalue weighted by atomic mass is 10.1. The predicted octanol–water partition coefficient (Wildman–Crippen LogP) is 2.95. The molecule has 4 heterocycles. The molecule has 2 saturated heterocycles. The molecule has 7 heteroatoms. The van der Waals surface area contributed by atoms with E-state index in [4.69, 9.17) is 9.72 Å².